The maximum atomic E-state index is 13.5. The molecule has 0 bridgehead atoms. The van der Waals surface area contributed by atoms with Gasteiger partial charge in [-0.2, -0.15) is 5.10 Å². The second kappa shape index (κ2) is 6.03. The topological polar surface area (TPSA) is 50.5 Å². The van der Waals surface area contributed by atoms with Crippen LogP contribution in [0.5, 0.6) is 0 Å². The van der Waals surface area contributed by atoms with Crippen molar-refractivity contribution in [2.24, 2.45) is 0 Å². The van der Waals surface area contributed by atoms with Crippen LogP contribution in [0.25, 0.3) is 16.8 Å². The summed E-state index contributed by atoms with van der Waals surface area (Å²) in [5, 5.41) is 4.36. The number of amides is 1. The molecule has 0 unspecified atom stereocenters. The smallest absolute Gasteiger partial charge is 0.257 e. The van der Waals surface area contributed by atoms with Crippen LogP contribution in [0, 0.1) is 5.82 Å². The maximum Gasteiger partial charge on any atom is 0.257 e. The second-order valence-corrected chi connectivity index (χ2v) is 6.01. The summed E-state index contributed by atoms with van der Waals surface area (Å²) in [6, 6.07) is 6.96. The summed E-state index contributed by atoms with van der Waals surface area (Å²) in [7, 11) is 0. The van der Waals surface area contributed by atoms with Gasteiger partial charge in [-0.15, -0.1) is 0 Å². The third kappa shape index (κ3) is 2.54. The van der Waals surface area contributed by atoms with Crippen molar-refractivity contribution in [3.8, 4) is 11.3 Å². The van der Waals surface area contributed by atoms with E-state index in [4.69, 9.17) is 0 Å². The number of halogens is 1. The summed E-state index contributed by atoms with van der Waals surface area (Å²) in [5.41, 5.74) is 2.65. The fraction of sp³-hybridized carbons (Fsp3) is 0.278. The average Bonchev–Trinajstić information content (AvgIpc) is 3.06. The van der Waals surface area contributed by atoms with Crippen LogP contribution in [0.3, 0.4) is 0 Å². The first-order valence-electron chi connectivity index (χ1n) is 8.11. The normalized spacial score (nSPS) is 15.0. The monoisotopic (exact) mass is 324 g/mol. The second-order valence-electron chi connectivity index (χ2n) is 6.01. The Morgan fingerprint density at radius 2 is 1.92 bits per heavy atom. The number of likely N-dealkylation sites (tertiary alicyclic amines) is 1. The Kier molecular flexibility index (Phi) is 3.72. The van der Waals surface area contributed by atoms with Gasteiger partial charge < -0.3 is 4.90 Å². The van der Waals surface area contributed by atoms with Crippen molar-refractivity contribution in [1.29, 1.82) is 0 Å². The van der Waals surface area contributed by atoms with Crippen molar-refractivity contribution in [2.75, 3.05) is 13.1 Å². The van der Waals surface area contributed by atoms with E-state index in [1.165, 1.54) is 12.5 Å². The first-order valence-corrected chi connectivity index (χ1v) is 8.11. The Balaban J connectivity index is 1.77. The molecule has 0 N–H and O–H groups in total. The number of pyridine rings is 2. The van der Waals surface area contributed by atoms with E-state index in [0.717, 1.165) is 37.6 Å². The minimum atomic E-state index is -0.402. The van der Waals surface area contributed by atoms with E-state index in [1.807, 2.05) is 23.1 Å². The van der Waals surface area contributed by atoms with Gasteiger partial charge in [0.05, 0.1) is 29.2 Å². The van der Waals surface area contributed by atoms with Gasteiger partial charge in [0.1, 0.15) is 5.82 Å². The van der Waals surface area contributed by atoms with Crippen LogP contribution in [0.15, 0.2) is 42.9 Å². The summed E-state index contributed by atoms with van der Waals surface area (Å²) in [4.78, 5) is 18.6. The van der Waals surface area contributed by atoms with Crippen LogP contribution in [-0.2, 0) is 0 Å². The Labute approximate surface area is 138 Å². The van der Waals surface area contributed by atoms with Crippen molar-refractivity contribution < 1.29 is 9.18 Å². The van der Waals surface area contributed by atoms with E-state index < -0.39 is 5.82 Å². The molecule has 1 aliphatic rings. The van der Waals surface area contributed by atoms with Gasteiger partial charge in [-0.1, -0.05) is 6.07 Å². The van der Waals surface area contributed by atoms with E-state index in [9.17, 15) is 9.18 Å². The highest BCUT2D eigenvalue weighted by molar-refractivity contribution is 6.01. The molecule has 122 valence electrons. The zero-order valence-corrected chi connectivity index (χ0v) is 13.2. The number of fused-ring (bicyclic) bond motifs is 1. The van der Waals surface area contributed by atoms with E-state index >= 15 is 0 Å². The summed E-state index contributed by atoms with van der Waals surface area (Å²) in [6.45, 7) is 1.59. The number of piperidine rings is 1. The highest BCUT2D eigenvalue weighted by atomic mass is 19.1. The molecule has 0 aliphatic carbocycles. The minimum Gasteiger partial charge on any atom is -0.339 e. The molecule has 0 atom stereocenters. The van der Waals surface area contributed by atoms with Gasteiger partial charge in [0.25, 0.3) is 5.91 Å². The van der Waals surface area contributed by atoms with Gasteiger partial charge in [-0.05, 0) is 37.5 Å². The quantitative estimate of drug-likeness (QED) is 0.727. The molecule has 5 nitrogen and oxygen atoms in total. The van der Waals surface area contributed by atoms with Gasteiger partial charge in [0, 0.05) is 24.8 Å². The lowest BCUT2D eigenvalue weighted by Gasteiger charge is -2.26. The molecule has 4 rings (SSSR count). The summed E-state index contributed by atoms with van der Waals surface area (Å²) >= 11 is 0. The highest BCUT2D eigenvalue weighted by Crippen LogP contribution is 2.23. The van der Waals surface area contributed by atoms with Gasteiger partial charge in [-0.25, -0.2) is 8.91 Å². The fourth-order valence-corrected chi connectivity index (χ4v) is 3.21. The molecule has 1 amide bonds. The first-order chi connectivity index (χ1) is 11.7. The summed E-state index contributed by atoms with van der Waals surface area (Å²) < 4.78 is 15.2. The van der Waals surface area contributed by atoms with E-state index in [2.05, 4.69) is 10.1 Å². The number of nitrogens with zero attached hydrogens (tertiary/aromatic N) is 4. The molecule has 4 heterocycles. The van der Waals surface area contributed by atoms with Gasteiger partial charge in [-0.3, -0.25) is 9.78 Å². The van der Waals surface area contributed by atoms with E-state index in [0.29, 0.717) is 16.8 Å². The van der Waals surface area contributed by atoms with Crippen LogP contribution in [0.4, 0.5) is 4.39 Å². The molecule has 3 aromatic rings. The third-order valence-corrected chi connectivity index (χ3v) is 4.42. The van der Waals surface area contributed by atoms with Crippen molar-refractivity contribution in [2.45, 2.75) is 19.3 Å². The number of rotatable bonds is 2. The summed E-state index contributed by atoms with van der Waals surface area (Å²) in [5.74, 6) is -0.388. The van der Waals surface area contributed by atoms with Crippen LogP contribution in [0.1, 0.15) is 29.6 Å². The number of hydrogen-bond acceptors (Lipinski definition) is 3. The number of carbonyl (C=O) groups excluding carboxylic acids is 1. The molecule has 1 fully saturated rings. The maximum absolute atomic E-state index is 13.5. The lowest BCUT2D eigenvalue weighted by molar-refractivity contribution is 0.0726. The van der Waals surface area contributed by atoms with Crippen molar-refractivity contribution in [1.82, 2.24) is 19.5 Å². The Morgan fingerprint density at radius 1 is 1.08 bits per heavy atom. The number of hydrogen-bond donors (Lipinski definition) is 0. The van der Waals surface area contributed by atoms with Crippen molar-refractivity contribution in [3.05, 3.63) is 54.2 Å². The van der Waals surface area contributed by atoms with Crippen molar-refractivity contribution in [3.63, 3.8) is 0 Å². The van der Waals surface area contributed by atoms with Crippen LogP contribution in [0.2, 0.25) is 0 Å². The Morgan fingerprint density at radius 3 is 2.71 bits per heavy atom. The van der Waals surface area contributed by atoms with Gasteiger partial charge in [0.15, 0.2) is 0 Å². The lowest BCUT2D eigenvalue weighted by atomic mass is 10.1. The molecule has 0 aromatic carbocycles. The van der Waals surface area contributed by atoms with Crippen LogP contribution < -0.4 is 0 Å². The molecular formula is C18H17FN4O. The third-order valence-electron chi connectivity index (χ3n) is 4.42. The van der Waals surface area contributed by atoms with Crippen molar-refractivity contribution >= 4 is 11.4 Å². The number of aromatic nitrogens is 3. The van der Waals surface area contributed by atoms with E-state index in [1.54, 1.807) is 16.9 Å². The largest absolute Gasteiger partial charge is 0.339 e. The van der Waals surface area contributed by atoms with Crippen LogP contribution in [-0.4, -0.2) is 38.5 Å². The fourth-order valence-electron chi connectivity index (χ4n) is 3.21. The SMILES string of the molecule is O=C(c1cnn2c(-c3cncc(F)c3)cccc12)N1CCCCC1. The molecule has 0 radical (unpaired) electrons. The molecule has 6 heteroatoms. The molecular weight excluding hydrogens is 307 g/mol. The molecule has 0 spiro atoms. The lowest BCUT2D eigenvalue weighted by Crippen LogP contribution is -2.35. The molecule has 1 saturated heterocycles. The zero-order valence-electron chi connectivity index (χ0n) is 13.2. The zero-order chi connectivity index (χ0) is 16.5. The highest BCUT2D eigenvalue weighted by Gasteiger charge is 2.22. The minimum absolute atomic E-state index is 0.0132. The predicted octanol–water partition coefficient (Wildman–Crippen LogP) is 3.16. The average molecular weight is 324 g/mol. The molecule has 24 heavy (non-hydrogen) atoms. The number of carbonyl (C=O) groups is 1. The molecule has 3 aromatic heterocycles. The summed E-state index contributed by atoms with van der Waals surface area (Å²) in [6.07, 6.45) is 7.62. The van der Waals surface area contributed by atoms with Crippen LogP contribution >= 0.6 is 0 Å². The molecule has 0 saturated carbocycles. The Hall–Kier alpha value is -2.76. The van der Waals surface area contributed by atoms with Gasteiger partial charge in [0.2, 0.25) is 0 Å². The first kappa shape index (κ1) is 14.8. The standard InChI is InChI=1S/C18H17FN4O/c19-14-9-13(10-20-11-14)16-5-4-6-17-15(12-21-23(16)17)18(24)22-7-2-1-3-8-22/h4-6,9-12H,1-3,7-8H2. The molecule has 1 aliphatic heterocycles. The van der Waals surface area contributed by atoms with E-state index in [-0.39, 0.29) is 5.91 Å². The Bertz CT molecular complexity index is 899. The van der Waals surface area contributed by atoms with Gasteiger partial charge >= 0.3 is 0 Å². The predicted molar refractivity (Wildman–Crippen MR) is 88.1 cm³/mol.